The third-order valence-corrected chi connectivity index (χ3v) is 9.12. The van der Waals surface area contributed by atoms with Gasteiger partial charge in [0.1, 0.15) is 11.7 Å². The van der Waals surface area contributed by atoms with Gasteiger partial charge in [-0.15, -0.1) is 0 Å². The molecule has 3 fully saturated rings. The lowest BCUT2D eigenvalue weighted by Crippen LogP contribution is -2.57. The molecule has 0 amide bonds. The van der Waals surface area contributed by atoms with E-state index in [1.807, 2.05) is 49.2 Å². The Morgan fingerprint density at radius 3 is 2.46 bits per heavy atom. The minimum Gasteiger partial charge on any atom is -0.459 e. The molecule has 1 unspecified atom stereocenters. The average molecular weight is 474 g/mol. The summed E-state index contributed by atoms with van der Waals surface area (Å²) in [6.45, 7) is 5.77. The van der Waals surface area contributed by atoms with Crippen LogP contribution >= 0.6 is 0 Å². The van der Waals surface area contributed by atoms with Crippen molar-refractivity contribution in [1.29, 1.82) is 0 Å². The Bertz CT molecular complexity index is 1210. The number of allylic oxidation sites excluding steroid dienone is 1. The normalized spacial score (nSPS) is 40.1. The van der Waals surface area contributed by atoms with E-state index in [1.54, 1.807) is 13.0 Å². The van der Waals surface area contributed by atoms with E-state index in [9.17, 15) is 14.7 Å². The molecule has 6 nitrogen and oxygen atoms in total. The molecule has 7 atom stereocenters. The molecule has 2 aliphatic carbocycles. The van der Waals surface area contributed by atoms with Gasteiger partial charge in [0.2, 0.25) is 5.60 Å². The fourth-order valence-corrected chi connectivity index (χ4v) is 6.87. The summed E-state index contributed by atoms with van der Waals surface area (Å²) in [7, 11) is 0. The van der Waals surface area contributed by atoms with Crippen molar-refractivity contribution in [3.05, 3.63) is 77.9 Å². The number of para-hydroxylation sites is 1. The number of rotatable bonds is 2. The van der Waals surface area contributed by atoms with E-state index in [-0.39, 0.29) is 23.7 Å². The van der Waals surface area contributed by atoms with Crippen LogP contribution < -0.4 is 5.06 Å². The van der Waals surface area contributed by atoms with Gasteiger partial charge in [0.25, 0.3) is 0 Å². The number of nitrogens with zero attached hydrogens (tertiary/aromatic N) is 1. The highest BCUT2D eigenvalue weighted by atomic mass is 16.7. The summed E-state index contributed by atoms with van der Waals surface area (Å²) in [5.41, 5.74) is -0.761. The molecule has 0 aromatic heterocycles. The third-order valence-electron chi connectivity index (χ3n) is 9.12. The molecule has 2 heterocycles. The second kappa shape index (κ2) is 7.52. The van der Waals surface area contributed by atoms with Crippen LogP contribution in [0.15, 0.2) is 66.7 Å². The van der Waals surface area contributed by atoms with Crippen LogP contribution in [0, 0.1) is 24.2 Å². The van der Waals surface area contributed by atoms with Gasteiger partial charge in [-0.1, -0.05) is 55.0 Å². The minimum atomic E-state index is -1.36. The summed E-state index contributed by atoms with van der Waals surface area (Å²) in [4.78, 5) is 33.6. The van der Waals surface area contributed by atoms with Gasteiger partial charge in [-0.2, -0.15) is 0 Å². The molecule has 2 aliphatic heterocycles. The van der Waals surface area contributed by atoms with Gasteiger partial charge in [0.15, 0.2) is 5.78 Å². The van der Waals surface area contributed by atoms with Crippen molar-refractivity contribution >= 4 is 17.4 Å². The fraction of sp³-hybridized carbons (Fsp3) is 0.448. The van der Waals surface area contributed by atoms with Crippen LogP contribution in [0.2, 0.25) is 0 Å². The second-order valence-corrected chi connectivity index (χ2v) is 10.9. The number of ether oxygens (including phenoxy) is 1. The Balaban J connectivity index is 1.46. The highest BCUT2D eigenvalue weighted by Crippen LogP contribution is 2.61. The molecule has 2 saturated heterocycles. The average Bonchev–Trinajstić information content (AvgIpc) is 3.45. The van der Waals surface area contributed by atoms with Crippen LogP contribution in [0.25, 0.3) is 0 Å². The molecule has 35 heavy (non-hydrogen) atoms. The molecule has 6 rings (SSSR count). The predicted octanol–water partition coefficient (Wildman–Crippen LogP) is 4.46. The van der Waals surface area contributed by atoms with Crippen LogP contribution in [0.5, 0.6) is 0 Å². The topological polar surface area (TPSA) is 76.1 Å². The molecule has 0 bridgehead atoms. The first kappa shape index (κ1) is 22.5. The predicted molar refractivity (Wildman–Crippen MR) is 130 cm³/mol. The van der Waals surface area contributed by atoms with Gasteiger partial charge in [0, 0.05) is 12.3 Å². The van der Waals surface area contributed by atoms with Crippen LogP contribution in [0.3, 0.4) is 0 Å². The monoisotopic (exact) mass is 473 g/mol. The van der Waals surface area contributed by atoms with E-state index in [0.29, 0.717) is 19.3 Å². The Hall–Kier alpha value is -2.96. The smallest absolute Gasteiger partial charge is 0.342 e. The highest BCUT2D eigenvalue weighted by molar-refractivity contribution is 6.00. The number of aliphatic hydroxyl groups is 1. The zero-order valence-corrected chi connectivity index (χ0v) is 20.3. The quantitative estimate of drug-likeness (QED) is 0.649. The van der Waals surface area contributed by atoms with Gasteiger partial charge in [-0.3, -0.25) is 9.63 Å². The number of anilines is 1. The maximum absolute atomic E-state index is 13.7. The third kappa shape index (κ3) is 2.90. The molecule has 1 spiro atoms. The van der Waals surface area contributed by atoms with Gasteiger partial charge in [-0.25, -0.2) is 9.86 Å². The summed E-state index contributed by atoms with van der Waals surface area (Å²) >= 11 is 0. The van der Waals surface area contributed by atoms with Crippen molar-refractivity contribution in [1.82, 2.24) is 0 Å². The molecular formula is C29H31NO5. The molecule has 1 saturated carbocycles. The highest BCUT2D eigenvalue weighted by Gasteiger charge is 2.74. The molecule has 0 radical (unpaired) electrons. The first-order chi connectivity index (χ1) is 16.7. The van der Waals surface area contributed by atoms with E-state index in [2.05, 4.69) is 24.3 Å². The summed E-state index contributed by atoms with van der Waals surface area (Å²) < 4.78 is 6.06. The number of hydrogen-bond acceptors (Lipinski definition) is 6. The number of hydrogen-bond donors (Lipinski definition) is 1. The van der Waals surface area contributed by atoms with Crippen LogP contribution in [-0.4, -0.2) is 34.2 Å². The van der Waals surface area contributed by atoms with E-state index < -0.39 is 28.7 Å². The largest absolute Gasteiger partial charge is 0.459 e. The van der Waals surface area contributed by atoms with Gasteiger partial charge < -0.3 is 9.84 Å². The van der Waals surface area contributed by atoms with Crippen molar-refractivity contribution in [2.45, 2.75) is 63.4 Å². The van der Waals surface area contributed by atoms with Crippen LogP contribution in [0.4, 0.5) is 5.69 Å². The Morgan fingerprint density at radius 1 is 1.03 bits per heavy atom. The zero-order chi connectivity index (χ0) is 24.6. The summed E-state index contributed by atoms with van der Waals surface area (Å²) in [6.07, 6.45) is 4.00. The molecule has 182 valence electrons. The van der Waals surface area contributed by atoms with Crippen LogP contribution in [0.1, 0.15) is 50.3 Å². The lowest BCUT2D eigenvalue weighted by atomic mass is 9.63. The fourth-order valence-electron chi connectivity index (χ4n) is 6.87. The maximum Gasteiger partial charge on any atom is 0.342 e. The van der Waals surface area contributed by atoms with Crippen molar-refractivity contribution in [3.63, 3.8) is 0 Å². The summed E-state index contributed by atoms with van der Waals surface area (Å²) in [5, 5.41) is 13.5. The number of carbonyl (C=O) groups excluding carboxylic acids is 2. The molecule has 6 heteroatoms. The van der Waals surface area contributed by atoms with Crippen molar-refractivity contribution in [2.24, 2.45) is 17.3 Å². The van der Waals surface area contributed by atoms with Crippen molar-refractivity contribution in [2.75, 3.05) is 5.06 Å². The summed E-state index contributed by atoms with van der Waals surface area (Å²) in [6, 6.07) is 17.9. The lowest BCUT2D eigenvalue weighted by Gasteiger charge is -2.43. The Morgan fingerprint density at radius 2 is 1.74 bits per heavy atom. The van der Waals surface area contributed by atoms with Gasteiger partial charge in [0.05, 0.1) is 17.1 Å². The van der Waals surface area contributed by atoms with Gasteiger partial charge >= 0.3 is 5.97 Å². The number of hydroxylamine groups is 1. The standard InChI is InChI=1S/C29H31NO5/c1-18-9-12-20(13-10-18)23-17-28(35-30(23)21-7-5-4-6-8-21)22-14-11-19(2)29(33)16-15-24(31)27(29,3)25(22)34-26(28)32/h4-10,12-13,15-16,19,22-23,25,33H,11,14,17H2,1-3H3/t19-,22+,23?,25+,27-,28-,29+/m0/s1. The number of fused-ring (bicyclic) bond motifs is 4. The lowest BCUT2D eigenvalue weighted by molar-refractivity contribution is -0.169. The van der Waals surface area contributed by atoms with Crippen molar-refractivity contribution in [3.8, 4) is 0 Å². The Kier molecular flexibility index (Phi) is 4.83. The number of ketones is 1. The molecular weight excluding hydrogens is 442 g/mol. The van der Waals surface area contributed by atoms with Crippen molar-refractivity contribution < 1.29 is 24.3 Å². The van der Waals surface area contributed by atoms with Crippen LogP contribution in [-0.2, 0) is 19.2 Å². The zero-order valence-electron chi connectivity index (χ0n) is 20.3. The first-order valence-corrected chi connectivity index (χ1v) is 12.5. The minimum absolute atomic E-state index is 0.156. The van der Waals surface area contributed by atoms with Gasteiger partial charge in [-0.05, 0) is 62.5 Å². The second-order valence-electron chi connectivity index (χ2n) is 10.9. The van der Waals surface area contributed by atoms with E-state index in [0.717, 1.165) is 16.8 Å². The number of benzene rings is 2. The van der Waals surface area contributed by atoms with E-state index in [1.165, 1.54) is 6.08 Å². The Labute approximate surface area is 205 Å². The SMILES string of the molecule is Cc1ccc(C2C[C@@]3(ON2c2ccccc2)C(=O)O[C@@H]2[C@H]3CC[C@H](C)[C@]3(O)C=CC(=O)[C@@]23C)cc1. The molecule has 1 N–H and O–H groups in total. The number of aryl methyl sites for hydroxylation is 1. The number of esters is 1. The molecule has 2 aromatic rings. The van der Waals surface area contributed by atoms with E-state index in [4.69, 9.17) is 9.57 Å². The summed E-state index contributed by atoms with van der Waals surface area (Å²) in [5.74, 6) is -1.15. The van der Waals surface area contributed by atoms with E-state index >= 15 is 0 Å². The maximum atomic E-state index is 13.7. The first-order valence-electron chi connectivity index (χ1n) is 12.5. The molecule has 2 aromatic carbocycles. The molecule has 4 aliphatic rings. The number of carbonyl (C=O) groups is 2.